The molecule has 0 radical (unpaired) electrons. The number of halogens is 1. The SMILES string of the molecule is CN(C)CC(NC(=O)CCCCl)c1ccccc1. The Labute approximate surface area is 114 Å². The molecule has 0 aliphatic carbocycles. The van der Waals surface area contributed by atoms with Crippen molar-refractivity contribution in [2.24, 2.45) is 0 Å². The molecular formula is C14H21ClN2O. The van der Waals surface area contributed by atoms with Crippen molar-refractivity contribution in [2.45, 2.75) is 18.9 Å². The van der Waals surface area contributed by atoms with Crippen molar-refractivity contribution in [1.29, 1.82) is 0 Å². The molecule has 100 valence electrons. The van der Waals surface area contributed by atoms with Crippen LogP contribution in [0.1, 0.15) is 24.4 Å². The molecule has 18 heavy (non-hydrogen) atoms. The third-order valence-electron chi connectivity index (χ3n) is 2.62. The van der Waals surface area contributed by atoms with Crippen LogP contribution in [-0.2, 0) is 4.79 Å². The molecule has 0 aliphatic rings. The molecular weight excluding hydrogens is 248 g/mol. The molecule has 1 amide bonds. The van der Waals surface area contributed by atoms with Gasteiger partial charge in [-0.05, 0) is 26.1 Å². The third-order valence-corrected chi connectivity index (χ3v) is 2.89. The number of carbonyl (C=O) groups excluding carboxylic acids is 1. The number of likely N-dealkylation sites (N-methyl/N-ethyl adjacent to an activating group) is 1. The quantitative estimate of drug-likeness (QED) is 0.771. The van der Waals surface area contributed by atoms with Crippen molar-refractivity contribution in [1.82, 2.24) is 10.2 Å². The molecule has 0 heterocycles. The van der Waals surface area contributed by atoms with Gasteiger partial charge < -0.3 is 10.2 Å². The number of amides is 1. The fraction of sp³-hybridized carbons (Fsp3) is 0.500. The minimum atomic E-state index is 0.0315. The zero-order valence-electron chi connectivity index (χ0n) is 11.0. The molecule has 0 saturated heterocycles. The Morgan fingerprint density at radius 1 is 1.33 bits per heavy atom. The number of nitrogens with one attached hydrogen (secondary N) is 1. The molecule has 3 nitrogen and oxygen atoms in total. The Bertz CT molecular complexity index is 354. The standard InChI is InChI=1S/C14H21ClN2O/c1-17(2)11-13(12-7-4-3-5-8-12)16-14(18)9-6-10-15/h3-5,7-8,13H,6,9-11H2,1-2H3,(H,16,18). The zero-order valence-corrected chi connectivity index (χ0v) is 11.8. The van der Waals surface area contributed by atoms with E-state index in [-0.39, 0.29) is 11.9 Å². The highest BCUT2D eigenvalue weighted by Gasteiger charge is 2.14. The third kappa shape index (κ3) is 5.52. The number of rotatable bonds is 7. The van der Waals surface area contributed by atoms with E-state index in [2.05, 4.69) is 10.2 Å². The molecule has 0 spiro atoms. The number of carbonyl (C=O) groups is 1. The maximum atomic E-state index is 11.8. The summed E-state index contributed by atoms with van der Waals surface area (Å²) in [5.74, 6) is 0.586. The lowest BCUT2D eigenvalue weighted by atomic mass is 10.1. The van der Waals surface area contributed by atoms with Gasteiger partial charge in [0.25, 0.3) is 0 Å². The van der Waals surface area contributed by atoms with E-state index in [1.165, 1.54) is 0 Å². The summed E-state index contributed by atoms with van der Waals surface area (Å²) in [5, 5.41) is 3.06. The minimum Gasteiger partial charge on any atom is -0.348 e. The van der Waals surface area contributed by atoms with Gasteiger partial charge >= 0.3 is 0 Å². The molecule has 1 rings (SSSR count). The van der Waals surface area contributed by atoms with Gasteiger partial charge in [0, 0.05) is 18.8 Å². The van der Waals surface area contributed by atoms with Crippen LogP contribution in [0.3, 0.4) is 0 Å². The van der Waals surface area contributed by atoms with E-state index in [1.54, 1.807) is 0 Å². The predicted octanol–water partition coefficient (Wildman–Crippen LogP) is 2.42. The first-order valence-corrected chi connectivity index (χ1v) is 6.72. The van der Waals surface area contributed by atoms with Crippen molar-refractivity contribution >= 4 is 17.5 Å². The normalized spacial score (nSPS) is 12.4. The Morgan fingerprint density at radius 3 is 2.56 bits per heavy atom. The first-order chi connectivity index (χ1) is 8.63. The van der Waals surface area contributed by atoms with E-state index in [0.29, 0.717) is 12.3 Å². The van der Waals surface area contributed by atoms with Gasteiger partial charge in [-0.1, -0.05) is 30.3 Å². The Kier molecular flexibility index (Phi) is 6.76. The Hall–Kier alpha value is -1.06. The molecule has 1 N–H and O–H groups in total. The number of nitrogens with zero attached hydrogens (tertiary/aromatic N) is 1. The van der Waals surface area contributed by atoms with Gasteiger partial charge in [0.1, 0.15) is 0 Å². The van der Waals surface area contributed by atoms with Crippen molar-refractivity contribution < 1.29 is 4.79 Å². The summed E-state index contributed by atoms with van der Waals surface area (Å²) in [7, 11) is 4.00. The van der Waals surface area contributed by atoms with E-state index in [0.717, 1.165) is 18.5 Å². The van der Waals surface area contributed by atoms with Crippen LogP contribution in [0, 0.1) is 0 Å². The summed E-state index contributed by atoms with van der Waals surface area (Å²) < 4.78 is 0. The fourth-order valence-corrected chi connectivity index (χ4v) is 1.91. The summed E-state index contributed by atoms with van der Waals surface area (Å²) in [6, 6.07) is 10.1. The smallest absolute Gasteiger partial charge is 0.220 e. The first kappa shape index (κ1) is 15.0. The van der Waals surface area contributed by atoms with Gasteiger partial charge in [-0.3, -0.25) is 4.79 Å². The predicted molar refractivity (Wildman–Crippen MR) is 75.8 cm³/mol. The molecule has 1 unspecified atom stereocenters. The van der Waals surface area contributed by atoms with Crippen LogP contribution < -0.4 is 5.32 Å². The van der Waals surface area contributed by atoms with Crippen LogP contribution in [0.15, 0.2) is 30.3 Å². The lowest BCUT2D eigenvalue weighted by Gasteiger charge is -2.22. The van der Waals surface area contributed by atoms with Crippen LogP contribution in [0.4, 0.5) is 0 Å². The van der Waals surface area contributed by atoms with Gasteiger partial charge in [-0.2, -0.15) is 0 Å². The second-order valence-electron chi connectivity index (χ2n) is 4.59. The zero-order chi connectivity index (χ0) is 13.4. The summed E-state index contributed by atoms with van der Waals surface area (Å²) in [6.45, 7) is 0.788. The van der Waals surface area contributed by atoms with E-state index in [9.17, 15) is 4.79 Å². The minimum absolute atomic E-state index is 0.0315. The summed E-state index contributed by atoms with van der Waals surface area (Å²) >= 11 is 5.60. The average Bonchev–Trinajstić information content (AvgIpc) is 2.36. The van der Waals surface area contributed by atoms with E-state index in [4.69, 9.17) is 11.6 Å². The van der Waals surface area contributed by atoms with Gasteiger partial charge in [0.15, 0.2) is 0 Å². The maximum Gasteiger partial charge on any atom is 0.220 e. The number of alkyl halides is 1. The molecule has 0 saturated carbocycles. The van der Waals surface area contributed by atoms with Crippen molar-refractivity contribution in [2.75, 3.05) is 26.5 Å². The molecule has 1 aromatic rings. The van der Waals surface area contributed by atoms with Crippen molar-refractivity contribution in [3.05, 3.63) is 35.9 Å². The lowest BCUT2D eigenvalue weighted by Crippen LogP contribution is -2.35. The average molecular weight is 269 g/mol. The van der Waals surface area contributed by atoms with Crippen molar-refractivity contribution in [3.63, 3.8) is 0 Å². The van der Waals surface area contributed by atoms with E-state index in [1.807, 2.05) is 44.4 Å². The van der Waals surface area contributed by atoms with E-state index >= 15 is 0 Å². The van der Waals surface area contributed by atoms with Crippen molar-refractivity contribution in [3.8, 4) is 0 Å². The molecule has 0 aliphatic heterocycles. The number of hydrogen-bond donors (Lipinski definition) is 1. The summed E-state index contributed by atoms with van der Waals surface area (Å²) in [6.07, 6.45) is 1.21. The highest BCUT2D eigenvalue weighted by atomic mass is 35.5. The largest absolute Gasteiger partial charge is 0.348 e. The summed E-state index contributed by atoms with van der Waals surface area (Å²) in [4.78, 5) is 13.8. The van der Waals surface area contributed by atoms with Gasteiger partial charge in [-0.15, -0.1) is 11.6 Å². The first-order valence-electron chi connectivity index (χ1n) is 6.18. The van der Waals surface area contributed by atoms with Crippen LogP contribution in [0.2, 0.25) is 0 Å². The van der Waals surface area contributed by atoms with Crippen LogP contribution >= 0.6 is 11.6 Å². The monoisotopic (exact) mass is 268 g/mol. The van der Waals surface area contributed by atoms with E-state index < -0.39 is 0 Å². The molecule has 1 aromatic carbocycles. The van der Waals surface area contributed by atoms with Gasteiger partial charge in [0.05, 0.1) is 6.04 Å². The lowest BCUT2D eigenvalue weighted by molar-refractivity contribution is -0.121. The number of hydrogen-bond acceptors (Lipinski definition) is 2. The second-order valence-corrected chi connectivity index (χ2v) is 4.96. The maximum absolute atomic E-state index is 11.8. The topological polar surface area (TPSA) is 32.3 Å². The van der Waals surface area contributed by atoms with Gasteiger partial charge in [-0.25, -0.2) is 0 Å². The molecule has 4 heteroatoms. The van der Waals surface area contributed by atoms with Crippen LogP contribution in [-0.4, -0.2) is 37.3 Å². The summed E-state index contributed by atoms with van der Waals surface area (Å²) in [5.41, 5.74) is 1.13. The van der Waals surface area contributed by atoms with Gasteiger partial charge in [0.2, 0.25) is 5.91 Å². The highest BCUT2D eigenvalue weighted by molar-refractivity contribution is 6.17. The fourth-order valence-electron chi connectivity index (χ4n) is 1.78. The highest BCUT2D eigenvalue weighted by Crippen LogP contribution is 2.13. The Morgan fingerprint density at radius 2 is 2.00 bits per heavy atom. The molecule has 0 bridgehead atoms. The molecule has 1 atom stereocenters. The molecule has 0 fully saturated rings. The van der Waals surface area contributed by atoms with Crippen LogP contribution in [0.25, 0.3) is 0 Å². The molecule has 0 aromatic heterocycles. The van der Waals surface area contributed by atoms with Crippen LogP contribution in [0.5, 0.6) is 0 Å². The Balaban J connectivity index is 2.64. The number of benzene rings is 1. The second kappa shape index (κ2) is 8.11.